The highest BCUT2D eigenvalue weighted by Crippen LogP contribution is 2.18. The number of carbonyl (C=O) groups is 1. The summed E-state index contributed by atoms with van der Waals surface area (Å²) in [5.41, 5.74) is 7.77. The molecule has 6 nitrogen and oxygen atoms in total. The van der Waals surface area contributed by atoms with Crippen molar-refractivity contribution >= 4 is 33.2 Å². The molecule has 0 radical (unpaired) electrons. The molecule has 0 saturated heterocycles. The van der Waals surface area contributed by atoms with E-state index in [2.05, 4.69) is 31.3 Å². The Labute approximate surface area is 112 Å². The summed E-state index contributed by atoms with van der Waals surface area (Å²) in [7, 11) is 1.71. The Morgan fingerprint density at radius 1 is 1.56 bits per heavy atom. The SMILES string of the molecule is Cc1cc(NC(=O)c2nn(C)cc2N)cnc1Br. The van der Waals surface area contributed by atoms with Crippen LogP contribution in [0.3, 0.4) is 0 Å². The van der Waals surface area contributed by atoms with Gasteiger partial charge in [0.1, 0.15) is 4.60 Å². The molecular weight excluding hydrogens is 298 g/mol. The molecular formula is C11H12BrN5O. The van der Waals surface area contributed by atoms with Gasteiger partial charge in [-0.1, -0.05) is 0 Å². The van der Waals surface area contributed by atoms with Crippen molar-refractivity contribution in [1.29, 1.82) is 0 Å². The average Bonchev–Trinajstić information content (AvgIpc) is 2.63. The summed E-state index contributed by atoms with van der Waals surface area (Å²) in [4.78, 5) is 16.0. The number of nitrogens with two attached hydrogens (primary N) is 1. The minimum absolute atomic E-state index is 0.207. The number of halogens is 1. The van der Waals surface area contributed by atoms with E-state index >= 15 is 0 Å². The molecule has 0 fully saturated rings. The lowest BCUT2D eigenvalue weighted by atomic mass is 10.3. The van der Waals surface area contributed by atoms with Crippen molar-refractivity contribution in [2.75, 3.05) is 11.1 Å². The van der Waals surface area contributed by atoms with Gasteiger partial charge in [-0.25, -0.2) is 4.98 Å². The van der Waals surface area contributed by atoms with Gasteiger partial charge >= 0.3 is 0 Å². The summed E-state index contributed by atoms with van der Waals surface area (Å²) >= 11 is 3.30. The van der Waals surface area contributed by atoms with Gasteiger partial charge in [0.2, 0.25) is 0 Å². The van der Waals surface area contributed by atoms with Crippen LogP contribution in [0.25, 0.3) is 0 Å². The van der Waals surface area contributed by atoms with Gasteiger partial charge in [0, 0.05) is 13.2 Å². The predicted molar refractivity (Wildman–Crippen MR) is 72.2 cm³/mol. The number of pyridine rings is 1. The monoisotopic (exact) mass is 309 g/mol. The van der Waals surface area contributed by atoms with E-state index in [0.29, 0.717) is 11.4 Å². The maximum absolute atomic E-state index is 11.9. The number of hydrogen-bond acceptors (Lipinski definition) is 4. The first-order chi connectivity index (χ1) is 8.47. The minimum Gasteiger partial charge on any atom is -0.396 e. The van der Waals surface area contributed by atoms with E-state index in [9.17, 15) is 4.79 Å². The fraction of sp³-hybridized carbons (Fsp3) is 0.182. The lowest BCUT2D eigenvalue weighted by Gasteiger charge is -2.05. The fourth-order valence-electron chi connectivity index (χ4n) is 1.50. The minimum atomic E-state index is -0.350. The third kappa shape index (κ3) is 2.51. The number of hydrogen-bond donors (Lipinski definition) is 2. The van der Waals surface area contributed by atoms with E-state index in [-0.39, 0.29) is 11.6 Å². The van der Waals surface area contributed by atoms with Crippen molar-refractivity contribution in [1.82, 2.24) is 14.8 Å². The van der Waals surface area contributed by atoms with Crippen molar-refractivity contribution in [2.45, 2.75) is 6.92 Å². The van der Waals surface area contributed by atoms with Crippen LogP contribution < -0.4 is 11.1 Å². The highest BCUT2D eigenvalue weighted by atomic mass is 79.9. The summed E-state index contributed by atoms with van der Waals surface area (Å²) in [5.74, 6) is -0.350. The van der Waals surface area contributed by atoms with E-state index in [1.54, 1.807) is 19.4 Å². The number of nitrogen functional groups attached to an aromatic ring is 1. The molecule has 0 aliphatic rings. The smallest absolute Gasteiger partial charge is 0.278 e. The predicted octanol–water partition coefficient (Wildman–Crippen LogP) is 1.72. The van der Waals surface area contributed by atoms with Crippen molar-refractivity contribution < 1.29 is 4.79 Å². The number of nitrogens with zero attached hydrogens (tertiary/aromatic N) is 3. The van der Waals surface area contributed by atoms with E-state index in [0.717, 1.165) is 10.2 Å². The van der Waals surface area contributed by atoms with Crippen molar-refractivity contribution in [3.05, 3.63) is 34.3 Å². The number of amides is 1. The Balaban J connectivity index is 2.21. The third-order valence-electron chi connectivity index (χ3n) is 2.34. The van der Waals surface area contributed by atoms with Crippen LogP contribution in [-0.4, -0.2) is 20.7 Å². The molecule has 0 saturated carbocycles. The molecule has 3 N–H and O–H groups in total. The van der Waals surface area contributed by atoms with Crippen LogP contribution in [0.1, 0.15) is 16.1 Å². The molecule has 2 rings (SSSR count). The van der Waals surface area contributed by atoms with Gasteiger partial charge in [-0.05, 0) is 34.5 Å². The van der Waals surface area contributed by atoms with Crippen LogP contribution in [0, 0.1) is 6.92 Å². The summed E-state index contributed by atoms with van der Waals surface area (Å²) in [6, 6.07) is 1.81. The number of aromatic nitrogens is 3. The molecule has 2 aromatic rings. The summed E-state index contributed by atoms with van der Waals surface area (Å²) in [6.07, 6.45) is 3.15. The number of nitrogens with one attached hydrogen (secondary N) is 1. The van der Waals surface area contributed by atoms with Gasteiger partial charge in [-0.3, -0.25) is 9.48 Å². The number of aryl methyl sites for hydroxylation is 2. The van der Waals surface area contributed by atoms with Gasteiger partial charge < -0.3 is 11.1 Å². The van der Waals surface area contributed by atoms with Gasteiger partial charge in [0.05, 0.1) is 17.6 Å². The van der Waals surface area contributed by atoms with Gasteiger partial charge in [0.15, 0.2) is 5.69 Å². The zero-order valence-corrected chi connectivity index (χ0v) is 11.5. The molecule has 0 unspecified atom stereocenters. The Kier molecular flexibility index (Phi) is 3.33. The normalized spacial score (nSPS) is 10.4. The van der Waals surface area contributed by atoms with Crippen LogP contribution in [-0.2, 0) is 7.05 Å². The Morgan fingerprint density at radius 2 is 2.28 bits per heavy atom. The highest BCUT2D eigenvalue weighted by molar-refractivity contribution is 9.10. The van der Waals surface area contributed by atoms with E-state index in [1.807, 2.05) is 13.0 Å². The second-order valence-corrected chi connectivity index (χ2v) is 4.64. The lowest BCUT2D eigenvalue weighted by Crippen LogP contribution is -2.14. The Bertz CT molecular complexity index is 607. The number of rotatable bonds is 2. The van der Waals surface area contributed by atoms with Gasteiger partial charge in [-0.15, -0.1) is 0 Å². The summed E-state index contributed by atoms with van der Waals surface area (Å²) in [6.45, 7) is 1.89. The molecule has 18 heavy (non-hydrogen) atoms. The summed E-state index contributed by atoms with van der Waals surface area (Å²) < 4.78 is 2.24. The molecule has 0 atom stereocenters. The second kappa shape index (κ2) is 4.77. The van der Waals surface area contributed by atoms with Crippen molar-refractivity contribution in [2.24, 2.45) is 7.05 Å². The highest BCUT2D eigenvalue weighted by Gasteiger charge is 2.14. The van der Waals surface area contributed by atoms with Gasteiger partial charge in [-0.2, -0.15) is 5.10 Å². The summed E-state index contributed by atoms with van der Waals surface area (Å²) in [5, 5.41) is 6.70. The third-order valence-corrected chi connectivity index (χ3v) is 3.17. The maximum atomic E-state index is 11.9. The Morgan fingerprint density at radius 3 is 2.83 bits per heavy atom. The van der Waals surface area contributed by atoms with Crippen molar-refractivity contribution in [3.63, 3.8) is 0 Å². The first-order valence-electron chi connectivity index (χ1n) is 5.20. The molecule has 2 aromatic heterocycles. The zero-order chi connectivity index (χ0) is 13.3. The first kappa shape index (κ1) is 12.6. The first-order valence-corrected chi connectivity index (χ1v) is 5.99. The van der Waals surface area contributed by atoms with Gasteiger partial charge in [0.25, 0.3) is 5.91 Å². The molecule has 0 aliphatic carbocycles. The van der Waals surface area contributed by atoms with Crippen molar-refractivity contribution in [3.8, 4) is 0 Å². The lowest BCUT2D eigenvalue weighted by molar-refractivity contribution is 0.102. The molecule has 2 heterocycles. The second-order valence-electron chi connectivity index (χ2n) is 3.89. The standard InChI is InChI=1S/C11H12BrN5O/c1-6-3-7(4-14-10(6)12)15-11(18)9-8(13)5-17(2)16-9/h3-5H,13H2,1-2H3,(H,15,18). The van der Waals surface area contributed by atoms with Crippen LogP contribution in [0.15, 0.2) is 23.1 Å². The van der Waals surface area contributed by atoms with Crippen LogP contribution in [0.4, 0.5) is 11.4 Å². The Hall–Kier alpha value is -1.89. The number of anilines is 2. The molecule has 0 aromatic carbocycles. The molecule has 0 spiro atoms. The van der Waals surface area contributed by atoms with E-state index in [4.69, 9.17) is 5.73 Å². The molecule has 0 bridgehead atoms. The zero-order valence-electron chi connectivity index (χ0n) is 9.94. The van der Waals surface area contributed by atoms with Crippen LogP contribution in [0.2, 0.25) is 0 Å². The molecule has 94 valence electrons. The van der Waals surface area contributed by atoms with E-state index < -0.39 is 0 Å². The fourth-order valence-corrected chi connectivity index (χ4v) is 1.72. The van der Waals surface area contributed by atoms with Crippen LogP contribution in [0.5, 0.6) is 0 Å². The average molecular weight is 310 g/mol. The molecule has 1 amide bonds. The number of carbonyl (C=O) groups excluding carboxylic acids is 1. The molecule has 0 aliphatic heterocycles. The topological polar surface area (TPSA) is 85.8 Å². The molecule has 7 heteroatoms. The van der Waals surface area contributed by atoms with E-state index in [1.165, 1.54) is 4.68 Å². The van der Waals surface area contributed by atoms with Crippen LogP contribution >= 0.6 is 15.9 Å². The largest absolute Gasteiger partial charge is 0.396 e. The maximum Gasteiger partial charge on any atom is 0.278 e. The quantitative estimate of drug-likeness (QED) is 0.827.